The van der Waals surface area contributed by atoms with Crippen molar-refractivity contribution in [3.63, 3.8) is 0 Å². The fourth-order valence-corrected chi connectivity index (χ4v) is 2.77. The third-order valence-electron chi connectivity index (χ3n) is 3.84. The van der Waals surface area contributed by atoms with Crippen molar-refractivity contribution in [3.8, 4) is 11.4 Å². The standard InChI is InChI=1S/C16H17N5/c1-2-9-21-14(11-18-16(21)6-1)13-4-3-5-15(20-13)19-12-7-8-17-10-12/h1-6,9,11-12,17H,7-8,10H2,(H,19,20). The summed E-state index contributed by atoms with van der Waals surface area (Å²) in [7, 11) is 0. The molecule has 0 aromatic carbocycles. The Hall–Kier alpha value is -2.40. The van der Waals surface area contributed by atoms with Gasteiger partial charge in [0.25, 0.3) is 0 Å². The largest absolute Gasteiger partial charge is 0.366 e. The number of nitrogens with one attached hydrogen (secondary N) is 2. The number of hydrogen-bond donors (Lipinski definition) is 2. The first-order valence-corrected chi connectivity index (χ1v) is 7.27. The molecule has 3 aromatic rings. The van der Waals surface area contributed by atoms with Gasteiger partial charge >= 0.3 is 0 Å². The molecule has 1 fully saturated rings. The van der Waals surface area contributed by atoms with Crippen LogP contribution in [0.3, 0.4) is 0 Å². The molecule has 5 nitrogen and oxygen atoms in total. The molecule has 0 amide bonds. The lowest BCUT2D eigenvalue weighted by Gasteiger charge is -2.12. The van der Waals surface area contributed by atoms with E-state index in [9.17, 15) is 0 Å². The number of rotatable bonds is 3. The first kappa shape index (κ1) is 12.3. The topological polar surface area (TPSA) is 54.2 Å². The quantitative estimate of drug-likeness (QED) is 0.771. The Morgan fingerprint density at radius 2 is 2.19 bits per heavy atom. The number of aromatic nitrogens is 3. The molecule has 1 saturated heterocycles. The maximum atomic E-state index is 4.73. The summed E-state index contributed by atoms with van der Waals surface area (Å²) in [5.74, 6) is 0.923. The van der Waals surface area contributed by atoms with E-state index in [1.807, 2.05) is 48.8 Å². The predicted molar refractivity (Wildman–Crippen MR) is 83.3 cm³/mol. The van der Waals surface area contributed by atoms with Crippen molar-refractivity contribution in [3.05, 3.63) is 48.8 Å². The average molecular weight is 279 g/mol. The summed E-state index contributed by atoms with van der Waals surface area (Å²) in [6, 6.07) is 12.5. The van der Waals surface area contributed by atoms with Gasteiger partial charge in [0.15, 0.2) is 0 Å². The summed E-state index contributed by atoms with van der Waals surface area (Å²) in [4.78, 5) is 9.15. The van der Waals surface area contributed by atoms with Gasteiger partial charge in [0.1, 0.15) is 11.5 Å². The molecular weight excluding hydrogens is 262 g/mol. The molecule has 2 N–H and O–H groups in total. The lowest BCUT2D eigenvalue weighted by atomic mass is 10.2. The first-order chi connectivity index (χ1) is 10.4. The molecule has 0 saturated carbocycles. The molecule has 0 bridgehead atoms. The van der Waals surface area contributed by atoms with Crippen LogP contribution in [0.4, 0.5) is 5.82 Å². The Balaban J connectivity index is 1.68. The molecule has 0 spiro atoms. The van der Waals surface area contributed by atoms with Crippen LogP contribution in [-0.4, -0.2) is 33.5 Å². The van der Waals surface area contributed by atoms with Gasteiger partial charge in [-0.1, -0.05) is 12.1 Å². The molecule has 1 atom stereocenters. The van der Waals surface area contributed by atoms with E-state index in [0.717, 1.165) is 42.4 Å². The molecule has 4 rings (SSSR count). The van der Waals surface area contributed by atoms with Gasteiger partial charge in [-0.25, -0.2) is 9.97 Å². The van der Waals surface area contributed by atoms with Crippen LogP contribution in [0.5, 0.6) is 0 Å². The Morgan fingerprint density at radius 1 is 1.19 bits per heavy atom. The molecule has 106 valence electrons. The molecule has 1 unspecified atom stereocenters. The minimum atomic E-state index is 0.468. The smallest absolute Gasteiger partial charge is 0.137 e. The monoisotopic (exact) mass is 279 g/mol. The Morgan fingerprint density at radius 3 is 3.10 bits per heavy atom. The fourth-order valence-electron chi connectivity index (χ4n) is 2.77. The minimum absolute atomic E-state index is 0.468. The van der Waals surface area contributed by atoms with E-state index >= 15 is 0 Å². The zero-order valence-corrected chi connectivity index (χ0v) is 11.7. The van der Waals surface area contributed by atoms with E-state index < -0.39 is 0 Å². The van der Waals surface area contributed by atoms with Crippen LogP contribution in [0, 0.1) is 0 Å². The summed E-state index contributed by atoms with van der Waals surface area (Å²) in [5, 5.41) is 6.84. The van der Waals surface area contributed by atoms with Crippen molar-refractivity contribution in [2.75, 3.05) is 18.4 Å². The predicted octanol–water partition coefficient (Wildman–Crippen LogP) is 2.17. The molecule has 0 aliphatic carbocycles. The second kappa shape index (κ2) is 5.18. The Bertz CT molecular complexity index is 758. The van der Waals surface area contributed by atoms with Crippen molar-refractivity contribution in [2.24, 2.45) is 0 Å². The highest BCUT2D eigenvalue weighted by Gasteiger charge is 2.15. The molecule has 21 heavy (non-hydrogen) atoms. The zero-order valence-electron chi connectivity index (χ0n) is 11.7. The maximum Gasteiger partial charge on any atom is 0.137 e. The average Bonchev–Trinajstić information content (AvgIpc) is 3.16. The molecule has 4 heterocycles. The number of fused-ring (bicyclic) bond motifs is 1. The molecular formula is C16H17N5. The zero-order chi connectivity index (χ0) is 14.1. The molecule has 1 aliphatic heterocycles. The van der Waals surface area contributed by atoms with Gasteiger partial charge in [0.2, 0.25) is 0 Å². The third kappa shape index (κ3) is 2.36. The van der Waals surface area contributed by atoms with Crippen LogP contribution in [-0.2, 0) is 0 Å². The fraction of sp³-hybridized carbons (Fsp3) is 0.250. The van der Waals surface area contributed by atoms with Gasteiger partial charge in [-0.05, 0) is 37.2 Å². The number of nitrogens with zero attached hydrogens (tertiary/aromatic N) is 3. The number of anilines is 1. The minimum Gasteiger partial charge on any atom is -0.366 e. The van der Waals surface area contributed by atoms with Gasteiger partial charge in [0, 0.05) is 18.8 Å². The van der Waals surface area contributed by atoms with Crippen molar-refractivity contribution < 1.29 is 0 Å². The van der Waals surface area contributed by atoms with Crippen molar-refractivity contribution in [1.29, 1.82) is 0 Å². The highest BCUT2D eigenvalue weighted by Crippen LogP contribution is 2.20. The van der Waals surface area contributed by atoms with E-state index in [4.69, 9.17) is 4.98 Å². The van der Waals surface area contributed by atoms with Crippen molar-refractivity contribution >= 4 is 11.5 Å². The van der Waals surface area contributed by atoms with Gasteiger partial charge in [0.05, 0.1) is 17.6 Å². The highest BCUT2D eigenvalue weighted by atomic mass is 15.1. The van der Waals surface area contributed by atoms with E-state index in [1.54, 1.807) is 0 Å². The summed E-state index contributed by atoms with van der Waals surface area (Å²) < 4.78 is 2.06. The lowest BCUT2D eigenvalue weighted by Crippen LogP contribution is -2.22. The molecule has 1 aliphatic rings. The van der Waals surface area contributed by atoms with Gasteiger partial charge < -0.3 is 10.6 Å². The second-order valence-corrected chi connectivity index (χ2v) is 5.31. The van der Waals surface area contributed by atoms with E-state index in [0.29, 0.717) is 6.04 Å². The molecule has 5 heteroatoms. The van der Waals surface area contributed by atoms with Crippen molar-refractivity contribution in [1.82, 2.24) is 19.7 Å². The van der Waals surface area contributed by atoms with Crippen LogP contribution in [0.2, 0.25) is 0 Å². The normalized spacial score (nSPS) is 18.2. The molecule has 3 aromatic heterocycles. The summed E-state index contributed by atoms with van der Waals surface area (Å²) in [5.41, 5.74) is 2.89. The van der Waals surface area contributed by atoms with Gasteiger partial charge in [-0.3, -0.25) is 4.40 Å². The van der Waals surface area contributed by atoms with E-state index in [1.165, 1.54) is 0 Å². The van der Waals surface area contributed by atoms with Crippen LogP contribution in [0.15, 0.2) is 48.8 Å². The Kier molecular flexibility index (Phi) is 3.05. The maximum absolute atomic E-state index is 4.73. The van der Waals surface area contributed by atoms with E-state index in [-0.39, 0.29) is 0 Å². The molecule has 0 radical (unpaired) electrons. The Labute approximate surface area is 123 Å². The van der Waals surface area contributed by atoms with E-state index in [2.05, 4.69) is 20.0 Å². The van der Waals surface area contributed by atoms with Crippen LogP contribution in [0.1, 0.15) is 6.42 Å². The number of imidazole rings is 1. The van der Waals surface area contributed by atoms with Gasteiger partial charge in [-0.2, -0.15) is 0 Å². The number of pyridine rings is 2. The van der Waals surface area contributed by atoms with Crippen LogP contribution in [0.25, 0.3) is 17.0 Å². The SMILES string of the molecule is c1cc(NC2CCNC2)nc(-c2cnc3ccccn23)c1. The van der Waals surface area contributed by atoms with Crippen LogP contribution >= 0.6 is 0 Å². The summed E-state index contributed by atoms with van der Waals surface area (Å²) >= 11 is 0. The summed E-state index contributed by atoms with van der Waals surface area (Å²) in [6.07, 6.45) is 5.03. The second-order valence-electron chi connectivity index (χ2n) is 5.31. The van der Waals surface area contributed by atoms with Crippen molar-refractivity contribution in [2.45, 2.75) is 12.5 Å². The lowest BCUT2D eigenvalue weighted by molar-refractivity contribution is 0.788. The number of hydrogen-bond acceptors (Lipinski definition) is 4. The first-order valence-electron chi connectivity index (χ1n) is 7.27. The van der Waals surface area contributed by atoms with Crippen LogP contribution < -0.4 is 10.6 Å². The highest BCUT2D eigenvalue weighted by molar-refractivity contribution is 5.61. The summed E-state index contributed by atoms with van der Waals surface area (Å²) in [6.45, 7) is 2.08. The third-order valence-corrected chi connectivity index (χ3v) is 3.84. The van der Waals surface area contributed by atoms with Gasteiger partial charge in [-0.15, -0.1) is 0 Å².